The van der Waals surface area contributed by atoms with E-state index in [9.17, 15) is 0 Å². The SMILES string of the molecule is CCOc1cc(/C=[NH+]/N=C(N)N)ccc1OCC12CC3CC(CC(C3)C1)C2. The normalized spacial score (nSPS) is 31.2. The van der Waals surface area contributed by atoms with Gasteiger partial charge < -0.3 is 20.9 Å². The maximum atomic E-state index is 6.35. The Morgan fingerprint density at radius 3 is 2.37 bits per heavy atom. The molecule has 6 nitrogen and oxygen atoms in total. The lowest BCUT2D eigenvalue weighted by atomic mass is 9.50. The highest BCUT2D eigenvalue weighted by molar-refractivity contribution is 5.78. The summed E-state index contributed by atoms with van der Waals surface area (Å²) in [6.07, 6.45) is 10.1. The van der Waals surface area contributed by atoms with Gasteiger partial charge >= 0.3 is 0 Å². The van der Waals surface area contributed by atoms with Crippen molar-refractivity contribution >= 4 is 12.2 Å². The predicted molar refractivity (Wildman–Crippen MR) is 106 cm³/mol. The molecular weight excluding hydrogens is 340 g/mol. The first-order valence-electron chi connectivity index (χ1n) is 10.1. The largest absolute Gasteiger partial charge is 0.490 e. The van der Waals surface area contributed by atoms with Crippen molar-refractivity contribution in [2.24, 2.45) is 39.7 Å². The molecule has 0 unspecified atom stereocenters. The Hall–Kier alpha value is -2.24. The smallest absolute Gasteiger partial charge is 0.256 e. The second-order valence-corrected chi connectivity index (χ2v) is 8.66. The fourth-order valence-corrected chi connectivity index (χ4v) is 5.88. The van der Waals surface area contributed by atoms with Gasteiger partial charge in [0.25, 0.3) is 5.96 Å². The van der Waals surface area contributed by atoms with Crippen LogP contribution in [0.25, 0.3) is 0 Å². The zero-order valence-electron chi connectivity index (χ0n) is 16.1. The molecular formula is C21H31N4O2+. The maximum Gasteiger partial charge on any atom is 0.256 e. The molecule has 1 aromatic rings. The summed E-state index contributed by atoms with van der Waals surface area (Å²) in [5.41, 5.74) is 12.0. The lowest BCUT2D eigenvalue weighted by Gasteiger charge is -2.56. The zero-order chi connectivity index (χ0) is 18.9. The van der Waals surface area contributed by atoms with E-state index in [1.807, 2.05) is 25.1 Å². The Bertz CT molecular complexity index is 704. The van der Waals surface area contributed by atoms with E-state index >= 15 is 0 Å². The van der Waals surface area contributed by atoms with Crippen LogP contribution in [0.1, 0.15) is 51.0 Å². The van der Waals surface area contributed by atoms with Crippen molar-refractivity contribution in [1.82, 2.24) is 0 Å². The molecule has 0 aliphatic heterocycles. The molecule has 4 aliphatic carbocycles. The third kappa shape index (κ3) is 4.04. The number of nitrogens with one attached hydrogen (secondary N) is 1. The molecule has 1 aromatic carbocycles. The minimum absolute atomic E-state index is 0.00759. The second-order valence-electron chi connectivity index (χ2n) is 8.66. The Balaban J connectivity index is 1.46. The molecule has 0 spiro atoms. The summed E-state index contributed by atoms with van der Waals surface area (Å²) in [5.74, 6) is 4.39. The molecule has 6 heteroatoms. The van der Waals surface area contributed by atoms with Gasteiger partial charge in [0.05, 0.1) is 13.2 Å². The van der Waals surface area contributed by atoms with Crippen molar-refractivity contribution in [2.75, 3.05) is 13.2 Å². The molecule has 5 N–H and O–H groups in total. The Kier molecular flexibility index (Phi) is 4.98. The number of guanidine groups is 1. The Morgan fingerprint density at radius 1 is 1.11 bits per heavy atom. The van der Waals surface area contributed by atoms with E-state index in [0.29, 0.717) is 12.0 Å². The van der Waals surface area contributed by atoms with Gasteiger partial charge in [0, 0.05) is 16.1 Å². The summed E-state index contributed by atoms with van der Waals surface area (Å²) >= 11 is 0. The monoisotopic (exact) mass is 371 g/mol. The summed E-state index contributed by atoms with van der Waals surface area (Å²) in [5, 5.41) is 6.48. The maximum absolute atomic E-state index is 6.35. The van der Waals surface area contributed by atoms with E-state index in [-0.39, 0.29) is 5.96 Å². The number of hydrazone groups is 1. The van der Waals surface area contributed by atoms with Crippen molar-refractivity contribution < 1.29 is 14.6 Å². The van der Waals surface area contributed by atoms with E-state index in [1.54, 1.807) is 6.21 Å². The lowest BCUT2D eigenvalue weighted by molar-refractivity contribution is -0.456. The summed E-state index contributed by atoms with van der Waals surface area (Å²) in [4.78, 5) is 0. The van der Waals surface area contributed by atoms with E-state index < -0.39 is 0 Å². The number of benzene rings is 1. The fraction of sp³-hybridized carbons (Fsp3) is 0.619. The van der Waals surface area contributed by atoms with Crippen molar-refractivity contribution in [3.8, 4) is 11.5 Å². The van der Waals surface area contributed by atoms with Crippen LogP contribution >= 0.6 is 0 Å². The standard InChI is InChI=1S/C21H30N4O2/c1-2-26-19-8-14(12-24-25-20(22)23)3-4-18(19)27-13-21-9-15-5-16(10-21)7-17(6-15)11-21/h3-4,8,12,15-17H,2,5-7,9-11,13H2,1H3,(H4,22,23,25)/p+1/b24-12+. The third-order valence-electron chi connectivity index (χ3n) is 6.39. The highest BCUT2D eigenvalue weighted by Gasteiger charge is 2.51. The summed E-state index contributed by atoms with van der Waals surface area (Å²) in [6, 6.07) is 5.91. The second kappa shape index (κ2) is 7.41. The molecule has 4 bridgehead atoms. The minimum Gasteiger partial charge on any atom is -0.490 e. The molecule has 27 heavy (non-hydrogen) atoms. The molecule has 0 atom stereocenters. The van der Waals surface area contributed by atoms with Crippen LogP contribution < -0.4 is 26.0 Å². The van der Waals surface area contributed by atoms with Crippen LogP contribution in [0.15, 0.2) is 23.3 Å². The van der Waals surface area contributed by atoms with Crippen LogP contribution in [-0.4, -0.2) is 25.4 Å². The number of hydrogen-bond donors (Lipinski definition) is 3. The van der Waals surface area contributed by atoms with Gasteiger partial charge in [0.15, 0.2) is 11.5 Å². The first-order valence-corrected chi connectivity index (χ1v) is 10.1. The topological polar surface area (TPSA) is 96.8 Å². The average molecular weight is 372 g/mol. The molecule has 4 saturated carbocycles. The minimum atomic E-state index is -0.00759. The van der Waals surface area contributed by atoms with Gasteiger partial charge in [-0.1, -0.05) is 0 Å². The van der Waals surface area contributed by atoms with E-state index in [2.05, 4.69) is 10.2 Å². The third-order valence-corrected chi connectivity index (χ3v) is 6.39. The van der Waals surface area contributed by atoms with Gasteiger partial charge in [-0.15, -0.1) is 5.10 Å². The van der Waals surface area contributed by atoms with Crippen LogP contribution in [0, 0.1) is 23.2 Å². The van der Waals surface area contributed by atoms with Crippen molar-refractivity contribution in [3.63, 3.8) is 0 Å². The average Bonchev–Trinajstić information content (AvgIpc) is 2.60. The summed E-state index contributed by atoms with van der Waals surface area (Å²) < 4.78 is 12.2. The van der Waals surface area contributed by atoms with Crippen LogP contribution in [0.5, 0.6) is 11.5 Å². The number of ether oxygens (including phenoxy) is 2. The molecule has 4 fully saturated rings. The van der Waals surface area contributed by atoms with Crippen LogP contribution in [0.2, 0.25) is 0 Å². The first kappa shape index (κ1) is 18.1. The Labute approximate surface area is 161 Å². The van der Waals surface area contributed by atoms with Crippen LogP contribution in [0.4, 0.5) is 0 Å². The predicted octanol–water partition coefficient (Wildman–Crippen LogP) is 1.37. The molecule has 146 valence electrons. The van der Waals surface area contributed by atoms with Gasteiger partial charge in [-0.25, -0.2) is 0 Å². The molecule has 0 saturated heterocycles. The van der Waals surface area contributed by atoms with Gasteiger partial charge in [-0.2, -0.15) is 0 Å². The van der Waals surface area contributed by atoms with Crippen molar-refractivity contribution in [1.29, 1.82) is 0 Å². The molecule has 0 radical (unpaired) electrons. The van der Waals surface area contributed by atoms with Crippen LogP contribution in [0.3, 0.4) is 0 Å². The van der Waals surface area contributed by atoms with E-state index in [1.165, 1.54) is 38.5 Å². The highest BCUT2D eigenvalue weighted by atomic mass is 16.5. The number of rotatable bonds is 7. The van der Waals surface area contributed by atoms with Crippen molar-refractivity contribution in [2.45, 2.75) is 45.4 Å². The first-order chi connectivity index (χ1) is 13.0. The number of nitrogens with zero attached hydrogens (tertiary/aromatic N) is 1. The number of nitrogens with two attached hydrogens (primary N) is 2. The van der Waals surface area contributed by atoms with E-state index in [4.69, 9.17) is 20.9 Å². The molecule has 4 aliphatic rings. The van der Waals surface area contributed by atoms with E-state index in [0.717, 1.165) is 41.4 Å². The molecule has 0 amide bonds. The van der Waals surface area contributed by atoms with Gasteiger partial charge in [-0.05, 0) is 81.4 Å². The van der Waals surface area contributed by atoms with Gasteiger partial charge in [-0.3, -0.25) is 0 Å². The number of hydrogen-bond acceptors (Lipinski definition) is 3. The van der Waals surface area contributed by atoms with Crippen molar-refractivity contribution in [3.05, 3.63) is 23.8 Å². The highest BCUT2D eigenvalue weighted by Crippen LogP contribution is 2.60. The van der Waals surface area contributed by atoms with Gasteiger partial charge in [0.2, 0.25) is 6.21 Å². The Morgan fingerprint density at radius 2 is 1.78 bits per heavy atom. The quantitative estimate of drug-likeness (QED) is 0.383. The zero-order valence-corrected chi connectivity index (χ0v) is 16.1. The fourth-order valence-electron chi connectivity index (χ4n) is 5.88. The summed E-state index contributed by atoms with van der Waals surface area (Å²) in [6.45, 7) is 3.39. The lowest BCUT2D eigenvalue weighted by Crippen LogP contribution is -2.63. The van der Waals surface area contributed by atoms with Crippen LogP contribution in [-0.2, 0) is 0 Å². The molecule has 0 aromatic heterocycles. The molecule has 5 rings (SSSR count). The van der Waals surface area contributed by atoms with Gasteiger partial charge in [0.1, 0.15) is 0 Å². The molecule has 0 heterocycles. The summed E-state index contributed by atoms with van der Waals surface area (Å²) in [7, 11) is 0.